The van der Waals surface area contributed by atoms with Crippen LogP contribution in [0.3, 0.4) is 0 Å². The van der Waals surface area contributed by atoms with Crippen LogP contribution in [0.2, 0.25) is 0 Å². The van der Waals surface area contributed by atoms with E-state index in [1.54, 1.807) is 23.5 Å². The van der Waals surface area contributed by atoms with Gasteiger partial charge in [-0.1, -0.05) is 60.7 Å². The van der Waals surface area contributed by atoms with Gasteiger partial charge in [0.15, 0.2) is 12.4 Å². The molecule has 5 nitrogen and oxygen atoms in total. The predicted molar refractivity (Wildman–Crippen MR) is 117 cm³/mol. The number of hydrogen-bond donors (Lipinski definition) is 1. The van der Waals surface area contributed by atoms with Crippen LogP contribution < -0.4 is 5.32 Å². The van der Waals surface area contributed by atoms with Crippen molar-refractivity contribution in [1.29, 1.82) is 0 Å². The first kappa shape index (κ1) is 21.5. The molecule has 0 aliphatic carbocycles. The number of nitrogens with one attached hydrogen (secondary N) is 1. The van der Waals surface area contributed by atoms with E-state index in [9.17, 15) is 14.4 Å². The number of rotatable bonds is 9. The van der Waals surface area contributed by atoms with Crippen molar-refractivity contribution in [2.45, 2.75) is 25.8 Å². The molecule has 0 aliphatic heterocycles. The maximum Gasteiger partial charge on any atom is 0.306 e. The van der Waals surface area contributed by atoms with Crippen molar-refractivity contribution < 1.29 is 19.1 Å². The first-order valence-electron chi connectivity index (χ1n) is 9.70. The summed E-state index contributed by atoms with van der Waals surface area (Å²) in [4.78, 5) is 37.1. The summed E-state index contributed by atoms with van der Waals surface area (Å²) in [6.07, 6.45) is -0.0240. The smallest absolute Gasteiger partial charge is 0.306 e. The Balaban J connectivity index is 1.41. The molecule has 0 spiro atoms. The van der Waals surface area contributed by atoms with E-state index in [1.807, 2.05) is 66.9 Å². The number of ketones is 1. The van der Waals surface area contributed by atoms with Crippen molar-refractivity contribution in [1.82, 2.24) is 5.32 Å². The summed E-state index contributed by atoms with van der Waals surface area (Å²) < 4.78 is 4.99. The van der Waals surface area contributed by atoms with Crippen LogP contribution in [-0.4, -0.2) is 24.3 Å². The second-order valence-corrected chi connectivity index (χ2v) is 7.81. The van der Waals surface area contributed by atoms with Crippen LogP contribution in [0.4, 0.5) is 0 Å². The monoisotopic (exact) mass is 421 g/mol. The lowest BCUT2D eigenvalue weighted by Gasteiger charge is -2.12. The number of carbonyl (C=O) groups excluding carboxylic acids is 3. The summed E-state index contributed by atoms with van der Waals surface area (Å²) in [6, 6.07) is 20.9. The zero-order valence-corrected chi connectivity index (χ0v) is 17.5. The summed E-state index contributed by atoms with van der Waals surface area (Å²) in [5.74, 6) is -1.07. The molecule has 1 N–H and O–H groups in total. The standard InChI is InChI=1S/C24H23NO4S/c1-17(22-8-5-15-30-22)25-23(27)16-29-24(28)14-13-21(26)20-11-9-19(10-12-20)18-6-3-2-4-7-18/h2-12,15,17H,13-14,16H2,1H3,(H,25,27)/t17-/m1/s1. The van der Waals surface area contributed by atoms with Gasteiger partial charge in [-0.25, -0.2) is 0 Å². The Labute approximate surface area is 179 Å². The summed E-state index contributed by atoms with van der Waals surface area (Å²) in [7, 11) is 0. The molecule has 2 aromatic carbocycles. The molecule has 0 fully saturated rings. The number of ether oxygens (including phenoxy) is 1. The molecule has 0 saturated carbocycles. The summed E-state index contributed by atoms with van der Waals surface area (Å²) >= 11 is 1.55. The van der Waals surface area contributed by atoms with Crippen LogP contribution in [0.15, 0.2) is 72.1 Å². The fourth-order valence-corrected chi connectivity index (χ4v) is 3.68. The van der Waals surface area contributed by atoms with Gasteiger partial charge in [0.1, 0.15) is 0 Å². The molecule has 0 saturated heterocycles. The molecule has 1 heterocycles. The van der Waals surface area contributed by atoms with E-state index in [2.05, 4.69) is 5.32 Å². The third-order valence-corrected chi connectivity index (χ3v) is 5.64. The number of Topliss-reactive ketones (excluding diaryl/α,β-unsaturated/α-hetero) is 1. The Morgan fingerprint density at radius 2 is 1.60 bits per heavy atom. The fourth-order valence-electron chi connectivity index (χ4n) is 2.95. The van der Waals surface area contributed by atoms with Gasteiger partial charge in [0.05, 0.1) is 12.5 Å². The van der Waals surface area contributed by atoms with Gasteiger partial charge in [0.2, 0.25) is 0 Å². The molecule has 1 atom stereocenters. The van der Waals surface area contributed by atoms with Gasteiger partial charge >= 0.3 is 5.97 Å². The molecule has 0 radical (unpaired) electrons. The third kappa shape index (κ3) is 6.12. The van der Waals surface area contributed by atoms with Crippen LogP contribution >= 0.6 is 11.3 Å². The molecule has 0 aliphatic rings. The Morgan fingerprint density at radius 3 is 2.27 bits per heavy atom. The fraction of sp³-hybridized carbons (Fsp3) is 0.208. The van der Waals surface area contributed by atoms with E-state index in [0.717, 1.165) is 16.0 Å². The van der Waals surface area contributed by atoms with Gasteiger partial charge in [0.25, 0.3) is 5.91 Å². The predicted octanol–water partition coefficient (Wildman–Crippen LogP) is 4.80. The molecule has 0 unspecified atom stereocenters. The van der Waals surface area contributed by atoms with Crippen molar-refractivity contribution >= 4 is 29.0 Å². The molecule has 30 heavy (non-hydrogen) atoms. The lowest BCUT2D eigenvalue weighted by molar-refractivity contribution is -0.148. The Bertz CT molecular complexity index is 982. The van der Waals surface area contributed by atoms with Crippen molar-refractivity contribution in [3.63, 3.8) is 0 Å². The minimum Gasteiger partial charge on any atom is -0.456 e. The molecule has 3 aromatic rings. The lowest BCUT2D eigenvalue weighted by Crippen LogP contribution is -2.30. The minimum atomic E-state index is -0.566. The Kier molecular flexibility index (Phi) is 7.51. The highest BCUT2D eigenvalue weighted by atomic mass is 32.1. The van der Waals surface area contributed by atoms with Crippen molar-refractivity contribution in [3.05, 3.63) is 82.6 Å². The Morgan fingerprint density at radius 1 is 0.900 bits per heavy atom. The van der Waals surface area contributed by atoms with Crippen LogP contribution in [0.25, 0.3) is 11.1 Å². The minimum absolute atomic E-state index is 0.0384. The van der Waals surface area contributed by atoms with Gasteiger partial charge in [-0.3, -0.25) is 14.4 Å². The molecule has 0 bridgehead atoms. The molecular weight excluding hydrogens is 398 g/mol. The molecular formula is C24H23NO4S. The average Bonchev–Trinajstić information content (AvgIpc) is 3.32. The van der Waals surface area contributed by atoms with E-state index >= 15 is 0 Å². The number of benzene rings is 2. The summed E-state index contributed by atoms with van der Waals surface area (Å²) in [5, 5.41) is 4.71. The van der Waals surface area contributed by atoms with Crippen LogP contribution in [-0.2, 0) is 14.3 Å². The van der Waals surface area contributed by atoms with Crippen LogP contribution in [0.1, 0.15) is 41.0 Å². The molecule has 1 aromatic heterocycles. The second kappa shape index (κ2) is 10.5. The second-order valence-electron chi connectivity index (χ2n) is 6.83. The molecule has 3 rings (SSSR count). The number of amides is 1. The highest BCUT2D eigenvalue weighted by Crippen LogP contribution is 2.20. The first-order valence-corrected chi connectivity index (χ1v) is 10.6. The molecule has 6 heteroatoms. The number of carbonyl (C=O) groups is 3. The van der Waals surface area contributed by atoms with E-state index < -0.39 is 5.97 Å². The van der Waals surface area contributed by atoms with Gasteiger partial charge in [0, 0.05) is 16.9 Å². The maximum atomic E-state index is 12.3. The summed E-state index contributed by atoms with van der Waals surface area (Å²) in [6.45, 7) is 1.52. The average molecular weight is 422 g/mol. The topological polar surface area (TPSA) is 72.5 Å². The number of hydrogen-bond acceptors (Lipinski definition) is 5. The van der Waals surface area contributed by atoms with E-state index in [-0.39, 0.29) is 37.2 Å². The largest absolute Gasteiger partial charge is 0.456 e. The number of thiophene rings is 1. The maximum absolute atomic E-state index is 12.3. The van der Waals surface area contributed by atoms with Crippen LogP contribution in [0.5, 0.6) is 0 Å². The van der Waals surface area contributed by atoms with Crippen molar-refractivity contribution in [3.8, 4) is 11.1 Å². The van der Waals surface area contributed by atoms with Crippen molar-refractivity contribution in [2.24, 2.45) is 0 Å². The zero-order chi connectivity index (χ0) is 21.3. The lowest BCUT2D eigenvalue weighted by atomic mass is 10.0. The van der Waals surface area contributed by atoms with Gasteiger partial charge in [-0.05, 0) is 29.5 Å². The highest BCUT2D eigenvalue weighted by molar-refractivity contribution is 7.10. The van der Waals surface area contributed by atoms with Gasteiger partial charge < -0.3 is 10.1 Å². The van der Waals surface area contributed by atoms with E-state index in [4.69, 9.17) is 4.74 Å². The first-order chi connectivity index (χ1) is 14.5. The quantitative estimate of drug-likeness (QED) is 0.398. The third-order valence-electron chi connectivity index (χ3n) is 4.58. The normalized spacial score (nSPS) is 11.5. The highest BCUT2D eigenvalue weighted by Gasteiger charge is 2.14. The Hall–Kier alpha value is -3.25. The molecule has 154 valence electrons. The van der Waals surface area contributed by atoms with Crippen LogP contribution in [0, 0.1) is 0 Å². The molecule has 1 amide bonds. The summed E-state index contributed by atoms with van der Waals surface area (Å²) in [5.41, 5.74) is 2.64. The van der Waals surface area contributed by atoms with Gasteiger partial charge in [-0.15, -0.1) is 11.3 Å². The van der Waals surface area contributed by atoms with Crippen molar-refractivity contribution in [2.75, 3.05) is 6.61 Å². The zero-order valence-electron chi connectivity index (χ0n) is 16.7. The number of esters is 1. The van der Waals surface area contributed by atoms with E-state index in [0.29, 0.717) is 5.56 Å². The van der Waals surface area contributed by atoms with Gasteiger partial charge in [-0.2, -0.15) is 0 Å². The van der Waals surface area contributed by atoms with E-state index in [1.165, 1.54) is 0 Å². The SMILES string of the molecule is C[C@@H](NC(=O)COC(=O)CCC(=O)c1ccc(-c2ccccc2)cc1)c1cccs1.